The van der Waals surface area contributed by atoms with Crippen LogP contribution in [-0.4, -0.2) is 43.6 Å². The first-order chi connectivity index (χ1) is 13.5. The standard InChI is InChI=1S/C20H26BrN7.HI/c1-5-22-20(27(4)14-18-10-17(21)13-26(18)3)25-12-16-6-7-19(24-11-16)28-9-8-23-15(28)2;/h6-11,13H,5,12,14H2,1-4H3,(H,22,25);1H. The first kappa shape index (κ1) is 23.4. The number of nitrogens with one attached hydrogen (secondary N) is 1. The van der Waals surface area contributed by atoms with Gasteiger partial charge in [0.15, 0.2) is 5.96 Å². The maximum absolute atomic E-state index is 4.78. The molecule has 3 rings (SSSR count). The van der Waals surface area contributed by atoms with Crippen molar-refractivity contribution in [2.45, 2.75) is 26.9 Å². The smallest absolute Gasteiger partial charge is 0.194 e. The summed E-state index contributed by atoms with van der Waals surface area (Å²) >= 11 is 3.53. The van der Waals surface area contributed by atoms with E-state index in [1.165, 1.54) is 5.69 Å². The van der Waals surface area contributed by atoms with E-state index in [-0.39, 0.29) is 24.0 Å². The molecule has 0 fully saturated rings. The van der Waals surface area contributed by atoms with Crippen LogP contribution in [0.25, 0.3) is 5.82 Å². The van der Waals surface area contributed by atoms with Crippen LogP contribution in [0.15, 0.2) is 52.5 Å². The predicted octanol–water partition coefficient (Wildman–Crippen LogP) is 3.89. The molecule has 156 valence electrons. The quantitative estimate of drug-likeness (QED) is 0.277. The molecule has 0 aliphatic rings. The Hall–Kier alpha value is -1.88. The van der Waals surface area contributed by atoms with E-state index in [9.17, 15) is 0 Å². The van der Waals surface area contributed by atoms with Crippen molar-refractivity contribution in [3.05, 3.63) is 64.5 Å². The number of guanidine groups is 1. The highest BCUT2D eigenvalue weighted by Crippen LogP contribution is 2.15. The summed E-state index contributed by atoms with van der Waals surface area (Å²) < 4.78 is 5.16. The molecule has 0 unspecified atom stereocenters. The third kappa shape index (κ3) is 6.05. The van der Waals surface area contributed by atoms with Crippen molar-refractivity contribution in [2.75, 3.05) is 13.6 Å². The molecule has 0 saturated carbocycles. The van der Waals surface area contributed by atoms with Crippen LogP contribution in [0.3, 0.4) is 0 Å². The second-order valence-corrected chi connectivity index (χ2v) is 7.57. The van der Waals surface area contributed by atoms with Gasteiger partial charge >= 0.3 is 0 Å². The molecule has 7 nitrogen and oxygen atoms in total. The molecule has 0 saturated heterocycles. The molecule has 0 bridgehead atoms. The highest BCUT2D eigenvalue weighted by atomic mass is 127. The van der Waals surface area contributed by atoms with E-state index in [1.807, 2.05) is 44.0 Å². The van der Waals surface area contributed by atoms with Gasteiger partial charge in [0, 0.05) is 55.6 Å². The Morgan fingerprint density at radius 2 is 2.10 bits per heavy atom. The molecule has 29 heavy (non-hydrogen) atoms. The minimum absolute atomic E-state index is 0. The van der Waals surface area contributed by atoms with E-state index in [2.05, 4.69) is 65.9 Å². The monoisotopic (exact) mass is 571 g/mol. The lowest BCUT2D eigenvalue weighted by Crippen LogP contribution is -2.38. The maximum atomic E-state index is 4.78. The molecule has 3 aromatic heterocycles. The molecule has 0 amide bonds. The van der Waals surface area contributed by atoms with Gasteiger partial charge in [-0.15, -0.1) is 24.0 Å². The van der Waals surface area contributed by atoms with Gasteiger partial charge in [0.2, 0.25) is 0 Å². The third-order valence-corrected chi connectivity index (χ3v) is 4.90. The Bertz CT molecular complexity index is 946. The molecule has 0 aromatic carbocycles. The maximum Gasteiger partial charge on any atom is 0.194 e. The average molecular weight is 572 g/mol. The largest absolute Gasteiger partial charge is 0.357 e. The van der Waals surface area contributed by atoms with Crippen LogP contribution >= 0.6 is 39.9 Å². The number of nitrogens with zero attached hydrogens (tertiary/aromatic N) is 6. The lowest BCUT2D eigenvalue weighted by Gasteiger charge is -2.22. The van der Waals surface area contributed by atoms with Crippen LogP contribution in [0.1, 0.15) is 24.0 Å². The van der Waals surface area contributed by atoms with E-state index < -0.39 is 0 Å². The first-order valence-corrected chi connectivity index (χ1v) is 10.0. The molecule has 0 atom stereocenters. The molecule has 1 N–H and O–H groups in total. The Morgan fingerprint density at radius 3 is 2.66 bits per heavy atom. The molecule has 0 aliphatic carbocycles. The van der Waals surface area contributed by atoms with Crippen molar-refractivity contribution in [3.8, 4) is 5.82 Å². The first-order valence-electron chi connectivity index (χ1n) is 9.23. The number of aromatic nitrogens is 4. The summed E-state index contributed by atoms with van der Waals surface area (Å²) in [6.07, 6.45) is 7.62. The molecule has 0 aliphatic heterocycles. The summed E-state index contributed by atoms with van der Waals surface area (Å²) in [5, 5.41) is 3.36. The van der Waals surface area contributed by atoms with Crippen LogP contribution in [0.5, 0.6) is 0 Å². The van der Waals surface area contributed by atoms with Gasteiger partial charge in [-0.2, -0.15) is 0 Å². The van der Waals surface area contributed by atoms with Crippen LogP contribution in [0.4, 0.5) is 0 Å². The Labute approximate surface area is 197 Å². The van der Waals surface area contributed by atoms with Crippen molar-refractivity contribution < 1.29 is 0 Å². The van der Waals surface area contributed by atoms with Crippen LogP contribution < -0.4 is 5.32 Å². The van der Waals surface area contributed by atoms with Crippen molar-refractivity contribution in [1.82, 2.24) is 29.3 Å². The van der Waals surface area contributed by atoms with Crippen LogP contribution in [-0.2, 0) is 20.1 Å². The zero-order valence-corrected chi connectivity index (χ0v) is 21.0. The normalized spacial score (nSPS) is 11.3. The summed E-state index contributed by atoms with van der Waals surface area (Å²) in [6.45, 7) is 6.19. The molecular formula is C20H27BrIN7. The molecule has 3 aromatic rings. The molecular weight excluding hydrogens is 545 g/mol. The van der Waals surface area contributed by atoms with Crippen LogP contribution in [0.2, 0.25) is 0 Å². The SMILES string of the molecule is CCNC(=NCc1ccc(-n2ccnc2C)nc1)N(C)Cc1cc(Br)cn1C.I. The van der Waals surface area contributed by atoms with E-state index in [1.54, 1.807) is 6.20 Å². The van der Waals surface area contributed by atoms with Crippen molar-refractivity contribution in [2.24, 2.45) is 12.0 Å². The zero-order chi connectivity index (χ0) is 20.1. The second-order valence-electron chi connectivity index (χ2n) is 6.66. The fourth-order valence-electron chi connectivity index (χ4n) is 2.95. The highest BCUT2D eigenvalue weighted by molar-refractivity contribution is 14.0. The number of pyridine rings is 1. The van der Waals surface area contributed by atoms with Gasteiger partial charge in [0.1, 0.15) is 11.6 Å². The summed E-state index contributed by atoms with van der Waals surface area (Å²) in [5.41, 5.74) is 2.27. The molecule has 3 heterocycles. The summed E-state index contributed by atoms with van der Waals surface area (Å²) in [5.74, 6) is 2.65. The van der Waals surface area contributed by atoms with E-state index in [0.29, 0.717) is 6.54 Å². The van der Waals surface area contributed by atoms with Gasteiger partial charge in [-0.05, 0) is 47.5 Å². The lowest BCUT2D eigenvalue weighted by atomic mass is 10.3. The van der Waals surface area contributed by atoms with E-state index in [0.717, 1.165) is 40.7 Å². The number of aliphatic imine (C=N–C) groups is 1. The second kappa shape index (κ2) is 10.8. The number of aryl methyl sites for hydroxylation is 2. The Balaban J connectivity index is 0.00000300. The fourth-order valence-corrected chi connectivity index (χ4v) is 3.52. The van der Waals surface area contributed by atoms with E-state index >= 15 is 0 Å². The molecule has 0 spiro atoms. The third-order valence-electron chi connectivity index (χ3n) is 4.46. The van der Waals surface area contributed by atoms with Gasteiger partial charge in [-0.25, -0.2) is 15.0 Å². The highest BCUT2D eigenvalue weighted by Gasteiger charge is 2.10. The van der Waals surface area contributed by atoms with Gasteiger partial charge in [0.25, 0.3) is 0 Å². The molecule has 9 heteroatoms. The lowest BCUT2D eigenvalue weighted by molar-refractivity contribution is 0.462. The summed E-state index contributed by atoms with van der Waals surface area (Å²) in [4.78, 5) is 15.7. The minimum atomic E-state index is 0. The number of imidazole rings is 1. The fraction of sp³-hybridized carbons (Fsp3) is 0.350. The number of hydrogen-bond acceptors (Lipinski definition) is 3. The number of halogens is 2. The van der Waals surface area contributed by atoms with Crippen LogP contribution in [0, 0.1) is 6.92 Å². The van der Waals surface area contributed by atoms with Gasteiger partial charge in [-0.3, -0.25) is 4.57 Å². The zero-order valence-electron chi connectivity index (χ0n) is 17.1. The van der Waals surface area contributed by atoms with Gasteiger partial charge in [0.05, 0.1) is 13.1 Å². The van der Waals surface area contributed by atoms with Gasteiger partial charge in [-0.1, -0.05) is 6.07 Å². The van der Waals surface area contributed by atoms with E-state index in [4.69, 9.17) is 4.99 Å². The Morgan fingerprint density at radius 1 is 1.31 bits per heavy atom. The van der Waals surface area contributed by atoms with Gasteiger partial charge < -0.3 is 14.8 Å². The summed E-state index contributed by atoms with van der Waals surface area (Å²) in [6, 6.07) is 6.18. The van der Waals surface area contributed by atoms with Crippen molar-refractivity contribution in [3.63, 3.8) is 0 Å². The predicted molar refractivity (Wildman–Crippen MR) is 131 cm³/mol. The topological polar surface area (TPSA) is 63.3 Å². The van der Waals surface area contributed by atoms with Crippen molar-refractivity contribution in [1.29, 1.82) is 0 Å². The summed E-state index contributed by atoms with van der Waals surface area (Å²) in [7, 11) is 4.10. The number of hydrogen-bond donors (Lipinski definition) is 1. The Kier molecular flexibility index (Phi) is 8.69. The minimum Gasteiger partial charge on any atom is -0.357 e. The number of rotatable bonds is 6. The average Bonchev–Trinajstić information content (AvgIpc) is 3.23. The van der Waals surface area contributed by atoms with Crippen molar-refractivity contribution >= 4 is 45.9 Å². The molecule has 0 radical (unpaired) electrons.